The van der Waals surface area contributed by atoms with Crippen molar-refractivity contribution in [3.8, 4) is 11.3 Å². The molecule has 0 bridgehead atoms. The van der Waals surface area contributed by atoms with Crippen molar-refractivity contribution in [1.82, 2.24) is 0 Å². The number of unbranched alkanes of at least 4 members (excludes halogenated alkanes) is 1. The van der Waals surface area contributed by atoms with Crippen LogP contribution in [0.3, 0.4) is 0 Å². The van der Waals surface area contributed by atoms with Crippen LogP contribution in [0.25, 0.3) is 22.3 Å². The Morgan fingerprint density at radius 1 is 1.10 bits per heavy atom. The van der Waals surface area contributed by atoms with E-state index in [-0.39, 0.29) is 5.82 Å². The molecule has 0 fully saturated rings. The molecule has 1 heterocycles. The fraction of sp³-hybridized carbons (Fsp3) is 0.222. The normalized spacial score (nSPS) is 11.1. The molecule has 0 unspecified atom stereocenters. The van der Waals surface area contributed by atoms with Crippen LogP contribution < -0.4 is 4.46 Å². The molecule has 0 aliphatic rings. The SMILES string of the molecule is CCCC[Se]c1c(-c2ccccc2)oc2ccc(F)cc12. The van der Waals surface area contributed by atoms with Crippen LogP contribution in [-0.4, -0.2) is 15.0 Å². The molecule has 1 nitrogen and oxygen atoms in total. The van der Waals surface area contributed by atoms with E-state index in [9.17, 15) is 4.39 Å². The zero-order chi connectivity index (χ0) is 14.7. The number of hydrogen-bond acceptors (Lipinski definition) is 1. The van der Waals surface area contributed by atoms with Crippen molar-refractivity contribution in [1.29, 1.82) is 0 Å². The summed E-state index contributed by atoms with van der Waals surface area (Å²) in [6, 6.07) is 14.9. The van der Waals surface area contributed by atoms with Crippen LogP contribution >= 0.6 is 0 Å². The van der Waals surface area contributed by atoms with Crippen molar-refractivity contribution in [2.75, 3.05) is 0 Å². The second-order valence-corrected chi connectivity index (χ2v) is 7.29. The summed E-state index contributed by atoms with van der Waals surface area (Å²) in [5, 5.41) is 2.10. The monoisotopic (exact) mass is 348 g/mol. The number of hydrogen-bond donors (Lipinski definition) is 0. The van der Waals surface area contributed by atoms with E-state index in [0.29, 0.717) is 15.0 Å². The van der Waals surface area contributed by atoms with Gasteiger partial charge in [-0.25, -0.2) is 0 Å². The molecule has 0 N–H and O–H groups in total. The van der Waals surface area contributed by atoms with Crippen molar-refractivity contribution in [3.63, 3.8) is 0 Å². The van der Waals surface area contributed by atoms with Crippen LogP contribution in [-0.2, 0) is 0 Å². The standard InChI is InChI=1S/C18H17FOSe/c1-2-3-11-21-18-15-12-14(19)9-10-16(15)20-17(18)13-7-5-4-6-8-13/h4-10,12H,2-3,11H2,1H3. The Morgan fingerprint density at radius 3 is 2.67 bits per heavy atom. The molecule has 2 aromatic carbocycles. The molecule has 0 aliphatic carbocycles. The Bertz CT molecular complexity index is 734. The topological polar surface area (TPSA) is 13.1 Å². The van der Waals surface area contributed by atoms with Gasteiger partial charge in [0.15, 0.2) is 0 Å². The molecule has 21 heavy (non-hydrogen) atoms. The molecule has 0 spiro atoms. The average molecular weight is 347 g/mol. The molecule has 3 aromatic rings. The van der Waals surface area contributed by atoms with E-state index < -0.39 is 0 Å². The van der Waals surface area contributed by atoms with Crippen molar-refractivity contribution in [3.05, 3.63) is 54.3 Å². The first kappa shape index (κ1) is 14.4. The van der Waals surface area contributed by atoms with Crippen LogP contribution in [0.15, 0.2) is 52.9 Å². The van der Waals surface area contributed by atoms with E-state index in [1.165, 1.54) is 23.4 Å². The molecular weight excluding hydrogens is 330 g/mol. The van der Waals surface area contributed by atoms with Crippen LogP contribution in [0.2, 0.25) is 5.32 Å². The van der Waals surface area contributed by atoms with Gasteiger partial charge in [-0.05, 0) is 0 Å². The van der Waals surface area contributed by atoms with Crippen LogP contribution in [0.5, 0.6) is 0 Å². The second-order valence-electron chi connectivity index (χ2n) is 4.97. The summed E-state index contributed by atoms with van der Waals surface area (Å²) in [5.74, 6) is 0.711. The number of furan rings is 1. The molecule has 0 atom stereocenters. The van der Waals surface area contributed by atoms with E-state index in [0.717, 1.165) is 27.6 Å². The van der Waals surface area contributed by atoms with Gasteiger partial charge in [-0.1, -0.05) is 0 Å². The summed E-state index contributed by atoms with van der Waals surface area (Å²) in [6.07, 6.45) is 2.39. The Labute approximate surface area is 130 Å². The number of halogens is 1. The van der Waals surface area contributed by atoms with E-state index in [4.69, 9.17) is 4.42 Å². The Kier molecular flexibility index (Phi) is 4.42. The minimum atomic E-state index is -0.199. The average Bonchev–Trinajstić information content (AvgIpc) is 2.87. The molecule has 0 amide bonds. The van der Waals surface area contributed by atoms with E-state index >= 15 is 0 Å². The van der Waals surface area contributed by atoms with Gasteiger partial charge in [0.2, 0.25) is 0 Å². The Hall–Kier alpha value is -1.57. The summed E-state index contributed by atoms with van der Waals surface area (Å²) in [6.45, 7) is 2.20. The third-order valence-electron chi connectivity index (χ3n) is 3.38. The van der Waals surface area contributed by atoms with Gasteiger partial charge in [0, 0.05) is 0 Å². The van der Waals surface area contributed by atoms with Crippen LogP contribution in [0.1, 0.15) is 19.8 Å². The molecular formula is C18H17FOSe. The molecule has 3 rings (SSSR count). The van der Waals surface area contributed by atoms with Crippen molar-refractivity contribution < 1.29 is 8.81 Å². The summed E-state index contributed by atoms with van der Waals surface area (Å²) in [4.78, 5) is 0. The summed E-state index contributed by atoms with van der Waals surface area (Å²) >= 11 is 0.306. The molecule has 1 aromatic heterocycles. The predicted octanol–water partition coefficient (Wildman–Crippen LogP) is 4.79. The first-order valence-electron chi connectivity index (χ1n) is 7.20. The van der Waals surface area contributed by atoms with Gasteiger partial charge in [-0.15, -0.1) is 0 Å². The molecule has 0 aliphatic heterocycles. The maximum atomic E-state index is 13.6. The summed E-state index contributed by atoms with van der Waals surface area (Å²) < 4.78 is 20.8. The summed E-state index contributed by atoms with van der Waals surface area (Å²) in [5.41, 5.74) is 1.85. The first-order valence-corrected chi connectivity index (χ1v) is 9.26. The Morgan fingerprint density at radius 2 is 1.90 bits per heavy atom. The van der Waals surface area contributed by atoms with E-state index in [2.05, 4.69) is 6.92 Å². The van der Waals surface area contributed by atoms with Gasteiger partial charge >= 0.3 is 130 Å². The molecule has 3 heteroatoms. The van der Waals surface area contributed by atoms with Gasteiger partial charge in [-0.3, -0.25) is 0 Å². The van der Waals surface area contributed by atoms with E-state index in [1.807, 2.05) is 30.3 Å². The van der Waals surface area contributed by atoms with Crippen molar-refractivity contribution in [2.45, 2.75) is 25.1 Å². The van der Waals surface area contributed by atoms with Crippen molar-refractivity contribution in [2.24, 2.45) is 0 Å². The fourth-order valence-corrected chi connectivity index (χ4v) is 4.90. The van der Waals surface area contributed by atoms with E-state index in [1.54, 1.807) is 12.1 Å². The van der Waals surface area contributed by atoms with Crippen molar-refractivity contribution >= 4 is 30.4 Å². The van der Waals surface area contributed by atoms with Gasteiger partial charge in [-0.2, -0.15) is 0 Å². The molecule has 0 saturated heterocycles. The summed E-state index contributed by atoms with van der Waals surface area (Å²) in [7, 11) is 0. The third-order valence-corrected chi connectivity index (χ3v) is 5.87. The van der Waals surface area contributed by atoms with Gasteiger partial charge in [0.25, 0.3) is 0 Å². The molecule has 108 valence electrons. The Balaban J connectivity index is 2.11. The minimum absolute atomic E-state index is 0.199. The number of fused-ring (bicyclic) bond motifs is 1. The number of benzene rings is 2. The van der Waals surface area contributed by atoms with Crippen LogP contribution in [0, 0.1) is 5.82 Å². The molecule has 0 saturated carbocycles. The zero-order valence-electron chi connectivity index (χ0n) is 11.9. The third kappa shape index (κ3) is 3.04. The van der Waals surface area contributed by atoms with Gasteiger partial charge in [0.1, 0.15) is 0 Å². The van der Waals surface area contributed by atoms with Gasteiger partial charge in [0.05, 0.1) is 0 Å². The zero-order valence-corrected chi connectivity index (χ0v) is 13.6. The van der Waals surface area contributed by atoms with Crippen LogP contribution in [0.4, 0.5) is 4.39 Å². The molecule has 0 radical (unpaired) electrons. The predicted molar refractivity (Wildman–Crippen MR) is 86.7 cm³/mol. The number of rotatable bonds is 5. The maximum absolute atomic E-state index is 13.6. The first-order chi connectivity index (χ1) is 10.3. The fourth-order valence-electron chi connectivity index (χ4n) is 2.29. The quantitative estimate of drug-likeness (QED) is 0.478. The second kappa shape index (κ2) is 6.46. The van der Waals surface area contributed by atoms with Gasteiger partial charge < -0.3 is 0 Å².